The monoisotopic (exact) mass is 412 g/mol. The van der Waals surface area contributed by atoms with Crippen molar-refractivity contribution in [3.8, 4) is 0 Å². The predicted molar refractivity (Wildman–Crippen MR) is 89.4 cm³/mol. The van der Waals surface area contributed by atoms with Crippen molar-refractivity contribution >= 4 is 11.9 Å². The topological polar surface area (TPSA) is 113 Å². The molecular weight excluding hydrogens is 388 g/mol. The summed E-state index contributed by atoms with van der Waals surface area (Å²) in [5.41, 5.74) is -0.420. The summed E-state index contributed by atoms with van der Waals surface area (Å²) < 4.78 is 51.5. The molecule has 1 saturated carbocycles. The molecule has 1 aliphatic carbocycles. The van der Waals surface area contributed by atoms with Crippen molar-refractivity contribution in [3.63, 3.8) is 0 Å². The number of carbonyl (C=O) groups is 2. The van der Waals surface area contributed by atoms with Crippen LogP contribution in [0, 0.1) is 5.92 Å². The maximum absolute atomic E-state index is 14.5. The van der Waals surface area contributed by atoms with Crippen LogP contribution >= 0.6 is 0 Å². The van der Waals surface area contributed by atoms with Crippen molar-refractivity contribution in [2.24, 2.45) is 5.92 Å². The van der Waals surface area contributed by atoms with Crippen LogP contribution in [0.3, 0.4) is 0 Å². The first-order valence-corrected chi connectivity index (χ1v) is 8.72. The first-order valence-electron chi connectivity index (χ1n) is 8.72. The highest BCUT2D eigenvalue weighted by Crippen LogP contribution is 2.34. The highest BCUT2D eigenvalue weighted by atomic mass is 19.4. The zero-order chi connectivity index (χ0) is 21.5. The summed E-state index contributed by atoms with van der Waals surface area (Å²) in [4.78, 5) is 19.8. The van der Waals surface area contributed by atoms with Crippen molar-refractivity contribution in [1.29, 1.82) is 0 Å². The minimum Gasteiger partial charge on any atom is -0.481 e. The Hall–Kier alpha value is -2.17. The van der Waals surface area contributed by atoms with Crippen molar-refractivity contribution in [2.45, 2.75) is 63.8 Å². The van der Waals surface area contributed by atoms with E-state index in [2.05, 4.69) is 10.5 Å². The molecule has 0 bridgehead atoms. The number of hydrogen-bond donors (Lipinski definition) is 3. The zero-order valence-electron chi connectivity index (χ0n) is 15.6. The second-order valence-electron chi connectivity index (χ2n) is 7.04. The standard InChI is InChI=1S/C15H23FN2O3.C2HF3O2/c1-10(2)13-7-12(21-18-13)8-17-9-15(16)5-3-11(4-6-15)14(19)20;3-2(4,5)1(6)7/h7,10-11,17H,3-6,8-9H2,1-2H3,(H,19,20);(H,6,7). The highest BCUT2D eigenvalue weighted by molar-refractivity contribution is 5.73. The minimum atomic E-state index is -5.08. The lowest BCUT2D eigenvalue weighted by Crippen LogP contribution is -2.40. The van der Waals surface area contributed by atoms with Gasteiger partial charge in [0.1, 0.15) is 5.67 Å². The molecule has 0 atom stereocenters. The molecule has 1 aromatic heterocycles. The molecule has 0 unspecified atom stereocenters. The first-order chi connectivity index (χ1) is 12.8. The average Bonchev–Trinajstić information content (AvgIpc) is 3.04. The first kappa shape index (κ1) is 23.9. The van der Waals surface area contributed by atoms with Gasteiger partial charge in [-0.25, -0.2) is 9.18 Å². The maximum Gasteiger partial charge on any atom is 0.490 e. The summed E-state index contributed by atoms with van der Waals surface area (Å²) in [6, 6.07) is 1.88. The van der Waals surface area contributed by atoms with Crippen LogP contribution in [-0.2, 0) is 16.1 Å². The largest absolute Gasteiger partial charge is 0.490 e. The Balaban J connectivity index is 0.000000480. The number of aromatic nitrogens is 1. The molecule has 1 fully saturated rings. The van der Waals surface area contributed by atoms with Crippen molar-refractivity contribution in [3.05, 3.63) is 17.5 Å². The lowest BCUT2D eigenvalue weighted by molar-refractivity contribution is -0.192. The summed E-state index contributed by atoms with van der Waals surface area (Å²) in [5.74, 6) is -2.96. The highest BCUT2D eigenvalue weighted by Gasteiger charge is 2.38. The summed E-state index contributed by atoms with van der Waals surface area (Å²) in [5, 5.41) is 23.1. The second-order valence-corrected chi connectivity index (χ2v) is 7.04. The van der Waals surface area contributed by atoms with Gasteiger partial charge in [0.25, 0.3) is 0 Å². The summed E-state index contributed by atoms with van der Waals surface area (Å²) in [7, 11) is 0. The second kappa shape index (κ2) is 9.85. The lowest BCUT2D eigenvalue weighted by Gasteiger charge is -2.32. The van der Waals surface area contributed by atoms with Gasteiger partial charge in [-0.1, -0.05) is 19.0 Å². The molecule has 0 spiro atoms. The Morgan fingerprint density at radius 1 is 1.32 bits per heavy atom. The predicted octanol–water partition coefficient (Wildman–Crippen LogP) is 3.50. The molecule has 0 aromatic carbocycles. The number of rotatable bonds is 6. The van der Waals surface area contributed by atoms with Gasteiger partial charge in [0, 0.05) is 12.6 Å². The van der Waals surface area contributed by atoms with Gasteiger partial charge < -0.3 is 20.1 Å². The number of nitrogens with one attached hydrogen (secondary N) is 1. The number of aliphatic carboxylic acids is 2. The Morgan fingerprint density at radius 2 is 1.86 bits per heavy atom. The molecule has 0 amide bonds. The molecule has 0 saturated heterocycles. The van der Waals surface area contributed by atoms with Crippen LogP contribution in [0.4, 0.5) is 17.6 Å². The Morgan fingerprint density at radius 3 is 2.25 bits per heavy atom. The van der Waals surface area contributed by atoms with Crippen LogP contribution in [-0.4, -0.2) is 45.7 Å². The van der Waals surface area contributed by atoms with Crippen molar-refractivity contribution < 1.29 is 41.9 Å². The molecule has 2 rings (SSSR count). The number of hydrogen-bond acceptors (Lipinski definition) is 5. The number of halogens is 4. The molecule has 1 aromatic rings. The fourth-order valence-electron chi connectivity index (χ4n) is 2.65. The van der Waals surface area contributed by atoms with Crippen LogP contribution in [0.2, 0.25) is 0 Å². The van der Waals surface area contributed by atoms with Crippen LogP contribution in [0.25, 0.3) is 0 Å². The fourth-order valence-corrected chi connectivity index (χ4v) is 2.65. The van der Waals surface area contributed by atoms with E-state index in [0.29, 0.717) is 43.9 Å². The normalized spacial score (nSPS) is 22.5. The van der Waals surface area contributed by atoms with Gasteiger partial charge in [0.15, 0.2) is 5.76 Å². The number of nitrogens with zero attached hydrogens (tertiary/aromatic N) is 1. The summed E-state index contributed by atoms with van der Waals surface area (Å²) in [6.45, 7) is 4.73. The van der Waals surface area contributed by atoms with E-state index in [0.717, 1.165) is 5.69 Å². The minimum absolute atomic E-state index is 0.219. The number of carboxylic acid groups (broad SMARTS) is 2. The molecule has 28 heavy (non-hydrogen) atoms. The number of carboxylic acids is 2. The van der Waals surface area contributed by atoms with E-state index in [4.69, 9.17) is 19.5 Å². The molecule has 160 valence electrons. The van der Waals surface area contributed by atoms with Crippen LogP contribution in [0.15, 0.2) is 10.6 Å². The molecular formula is C17H24F4N2O5. The third-order valence-electron chi connectivity index (χ3n) is 4.38. The number of alkyl halides is 4. The molecule has 3 N–H and O–H groups in total. The Bertz CT molecular complexity index is 652. The lowest BCUT2D eigenvalue weighted by atomic mass is 9.80. The summed E-state index contributed by atoms with van der Waals surface area (Å²) >= 11 is 0. The van der Waals surface area contributed by atoms with E-state index in [1.165, 1.54) is 0 Å². The smallest absolute Gasteiger partial charge is 0.481 e. The Kier molecular flexibility index (Phi) is 8.40. The van der Waals surface area contributed by atoms with Gasteiger partial charge in [-0.05, 0) is 31.6 Å². The van der Waals surface area contributed by atoms with Crippen LogP contribution in [0.1, 0.15) is 56.9 Å². The van der Waals surface area contributed by atoms with Crippen LogP contribution in [0.5, 0.6) is 0 Å². The maximum atomic E-state index is 14.5. The van der Waals surface area contributed by atoms with Gasteiger partial charge in [-0.3, -0.25) is 4.79 Å². The van der Waals surface area contributed by atoms with E-state index in [1.807, 2.05) is 19.9 Å². The van der Waals surface area contributed by atoms with E-state index < -0.39 is 29.7 Å². The Labute approximate surface area is 159 Å². The van der Waals surface area contributed by atoms with Gasteiger partial charge in [0.05, 0.1) is 18.2 Å². The quantitative estimate of drug-likeness (QED) is 0.613. The zero-order valence-corrected chi connectivity index (χ0v) is 15.6. The molecule has 0 aliphatic heterocycles. The average molecular weight is 412 g/mol. The van der Waals surface area contributed by atoms with Gasteiger partial charge in [-0.2, -0.15) is 13.2 Å². The van der Waals surface area contributed by atoms with Crippen LogP contribution < -0.4 is 5.32 Å². The van der Waals surface area contributed by atoms with E-state index in [9.17, 15) is 22.4 Å². The SMILES string of the molecule is CC(C)c1cc(CNCC2(F)CCC(C(=O)O)CC2)on1.O=C(O)C(F)(F)F. The van der Waals surface area contributed by atoms with Crippen molar-refractivity contribution in [2.75, 3.05) is 6.54 Å². The molecule has 11 heteroatoms. The molecule has 0 radical (unpaired) electrons. The third kappa shape index (κ3) is 7.83. The van der Waals surface area contributed by atoms with Crippen molar-refractivity contribution in [1.82, 2.24) is 10.5 Å². The molecule has 1 aliphatic rings. The van der Waals surface area contributed by atoms with Gasteiger partial charge in [0.2, 0.25) is 0 Å². The summed E-state index contributed by atoms with van der Waals surface area (Å²) in [6.07, 6.45) is -3.67. The molecule has 7 nitrogen and oxygen atoms in total. The third-order valence-corrected chi connectivity index (χ3v) is 4.38. The van der Waals surface area contributed by atoms with E-state index >= 15 is 0 Å². The van der Waals surface area contributed by atoms with E-state index in [1.54, 1.807) is 0 Å². The molecule has 1 heterocycles. The fraction of sp³-hybridized carbons (Fsp3) is 0.706. The van der Waals surface area contributed by atoms with Gasteiger partial charge >= 0.3 is 18.1 Å². The van der Waals surface area contributed by atoms with Gasteiger partial charge in [-0.15, -0.1) is 0 Å². The van der Waals surface area contributed by atoms with E-state index in [-0.39, 0.29) is 6.54 Å².